The Labute approximate surface area is 206 Å². The second-order valence-corrected chi connectivity index (χ2v) is 9.99. The summed E-state index contributed by atoms with van der Waals surface area (Å²) >= 11 is 0. The number of nitro benzene ring substituents is 1. The van der Waals surface area contributed by atoms with Crippen LogP contribution in [0.25, 0.3) is 0 Å². The van der Waals surface area contributed by atoms with Crippen LogP contribution in [0.4, 0.5) is 5.69 Å². The summed E-state index contributed by atoms with van der Waals surface area (Å²) < 4.78 is 30.4. The fourth-order valence-corrected chi connectivity index (χ4v) is 5.07. The monoisotopic (exact) mass is 495 g/mol. The molecule has 3 aromatic rings. The summed E-state index contributed by atoms with van der Waals surface area (Å²) in [5, 5.41) is 11.1. The van der Waals surface area contributed by atoms with Crippen molar-refractivity contribution in [3.05, 3.63) is 101 Å². The first-order chi connectivity index (χ1) is 16.7. The average molecular weight is 496 g/mol. The van der Waals surface area contributed by atoms with E-state index in [2.05, 4.69) is 4.76 Å². The van der Waals surface area contributed by atoms with Gasteiger partial charge in [-0.2, -0.15) is 0 Å². The van der Waals surface area contributed by atoms with Crippen molar-refractivity contribution in [2.45, 2.75) is 46.2 Å². The van der Waals surface area contributed by atoms with E-state index in [0.717, 1.165) is 5.56 Å². The van der Waals surface area contributed by atoms with Gasteiger partial charge in [0.05, 0.1) is 4.92 Å². The standard InChI is InChI=1S/C26H30N3O5P/c1-20(2)28(21(3)4)26(19-22-15-17-23(18-16-22)29(30)31)27-35(32,33-24-11-7-5-8-12-24)34-25-13-9-6-10-14-25/h5-18,20-21H,19H2,1-4H3/b27-26-. The van der Waals surface area contributed by atoms with Crippen molar-refractivity contribution >= 4 is 19.3 Å². The molecule has 3 aromatic carbocycles. The summed E-state index contributed by atoms with van der Waals surface area (Å²) in [6.45, 7) is 8.08. The molecule has 0 aliphatic rings. The van der Waals surface area contributed by atoms with Crippen molar-refractivity contribution < 1.29 is 18.5 Å². The van der Waals surface area contributed by atoms with Gasteiger partial charge < -0.3 is 13.9 Å². The number of rotatable bonds is 10. The summed E-state index contributed by atoms with van der Waals surface area (Å²) in [4.78, 5) is 12.7. The second-order valence-electron chi connectivity index (χ2n) is 8.49. The summed E-state index contributed by atoms with van der Waals surface area (Å²) in [5.74, 6) is 1.23. The third-order valence-electron chi connectivity index (χ3n) is 5.09. The fraction of sp³-hybridized carbons (Fsp3) is 0.269. The molecule has 0 fully saturated rings. The first-order valence-corrected chi connectivity index (χ1v) is 12.9. The number of hydrogen-bond acceptors (Lipinski definition) is 5. The summed E-state index contributed by atoms with van der Waals surface area (Å²) in [6.07, 6.45) is 0.286. The number of para-hydroxylation sites is 2. The molecule has 8 nitrogen and oxygen atoms in total. The molecule has 0 aliphatic carbocycles. The number of non-ortho nitro benzene ring substituents is 1. The van der Waals surface area contributed by atoms with Crippen LogP contribution in [0.2, 0.25) is 0 Å². The fourth-order valence-electron chi connectivity index (χ4n) is 3.72. The van der Waals surface area contributed by atoms with Gasteiger partial charge in [0.1, 0.15) is 17.3 Å². The molecule has 0 bridgehead atoms. The largest absolute Gasteiger partial charge is 0.564 e. The van der Waals surface area contributed by atoms with Crippen LogP contribution in [-0.2, 0) is 11.0 Å². The zero-order valence-electron chi connectivity index (χ0n) is 20.3. The van der Waals surface area contributed by atoms with Crippen LogP contribution in [0.15, 0.2) is 89.7 Å². The topological polar surface area (TPSA) is 94.3 Å². The van der Waals surface area contributed by atoms with Crippen LogP contribution in [0.1, 0.15) is 33.3 Å². The first-order valence-electron chi connectivity index (χ1n) is 11.4. The molecule has 3 rings (SSSR count). The van der Waals surface area contributed by atoms with Crippen molar-refractivity contribution in [1.29, 1.82) is 0 Å². The lowest BCUT2D eigenvalue weighted by molar-refractivity contribution is -0.384. The number of nitrogens with zero attached hydrogens (tertiary/aromatic N) is 3. The van der Waals surface area contributed by atoms with Gasteiger partial charge in [0.15, 0.2) is 0 Å². The van der Waals surface area contributed by atoms with Crippen molar-refractivity contribution in [3.8, 4) is 11.5 Å². The van der Waals surface area contributed by atoms with Crippen LogP contribution >= 0.6 is 7.75 Å². The van der Waals surface area contributed by atoms with E-state index in [9.17, 15) is 14.7 Å². The van der Waals surface area contributed by atoms with Crippen molar-refractivity contribution in [3.63, 3.8) is 0 Å². The third kappa shape index (κ3) is 7.42. The predicted octanol–water partition coefficient (Wildman–Crippen LogP) is 6.92. The van der Waals surface area contributed by atoms with E-state index in [-0.39, 0.29) is 24.2 Å². The Bertz CT molecular complexity index is 1130. The molecular weight excluding hydrogens is 465 g/mol. The Morgan fingerprint density at radius 1 is 0.857 bits per heavy atom. The molecule has 0 heterocycles. The molecule has 0 saturated heterocycles. The van der Waals surface area contributed by atoms with Gasteiger partial charge in [0.25, 0.3) is 5.69 Å². The minimum Gasteiger partial charge on any atom is -0.399 e. The molecule has 0 amide bonds. The maximum Gasteiger partial charge on any atom is 0.564 e. The summed E-state index contributed by atoms with van der Waals surface area (Å²) in [7, 11) is -4.08. The van der Waals surface area contributed by atoms with Gasteiger partial charge in [0.2, 0.25) is 0 Å². The minimum absolute atomic E-state index is 0.00214. The molecule has 0 aliphatic heterocycles. The normalized spacial score (nSPS) is 12.0. The minimum atomic E-state index is -4.08. The Morgan fingerprint density at radius 3 is 1.71 bits per heavy atom. The molecule has 0 saturated carbocycles. The third-order valence-corrected chi connectivity index (χ3v) is 6.44. The maximum absolute atomic E-state index is 14.1. The Balaban J connectivity index is 2.07. The molecule has 184 valence electrons. The van der Waals surface area contributed by atoms with Crippen LogP contribution in [0.5, 0.6) is 11.5 Å². The lowest BCUT2D eigenvalue weighted by atomic mass is 10.1. The number of amidine groups is 1. The van der Waals surface area contributed by atoms with Gasteiger partial charge >= 0.3 is 7.75 Å². The van der Waals surface area contributed by atoms with E-state index in [1.165, 1.54) is 12.1 Å². The molecule has 0 unspecified atom stereocenters. The summed E-state index contributed by atoms with van der Waals surface area (Å²) in [5.41, 5.74) is 0.786. The highest BCUT2D eigenvalue weighted by atomic mass is 31.2. The van der Waals surface area contributed by atoms with E-state index in [1.807, 2.05) is 44.7 Å². The Hall–Kier alpha value is -3.64. The lowest BCUT2D eigenvalue weighted by Crippen LogP contribution is -2.43. The maximum atomic E-state index is 14.1. The Morgan fingerprint density at radius 2 is 1.31 bits per heavy atom. The highest BCUT2D eigenvalue weighted by Gasteiger charge is 2.32. The lowest BCUT2D eigenvalue weighted by Gasteiger charge is -2.34. The quantitative estimate of drug-likeness (QED) is 0.0996. The van der Waals surface area contributed by atoms with Crippen LogP contribution in [0.3, 0.4) is 0 Å². The van der Waals surface area contributed by atoms with Gasteiger partial charge in [0, 0.05) is 30.6 Å². The SMILES string of the molecule is CC(C)N(/C(Cc1ccc([N+](=O)[O-])cc1)=N\P(=O)(Oc1ccccc1)Oc1ccccc1)C(C)C. The smallest absolute Gasteiger partial charge is 0.399 e. The molecule has 0 N–H and O–H groups in total. The van der Waals surface area contributed by atoms with Crippen molar-refractivity contribution in [1.82, 2.24) is 4.90 Å². The van der Waals surface area contributed by atoms with E-state index < -0.39 is 12.7 Å². The zero-order valence-corrected chi connectivity index (χ0v) is 21.2. The van der Waals surface area contributed by atoms with Crippen LogP contribution in [-0.4, -0.2) is 27.7 Å². The van der Waals surface area contributed by atoms with Gasteiger partial charge in [-0.05, 0) is 57.5 Å². The predicted molar refractivity (Wildman–Crippen MR) is 138 cm³/mol. The number of benzene rings is 3. The highest BCUT2D eigenvalue weighted by Crippen LogP contribution is 2.50. The van der Waals surface area contributed by atoms with Gasteiger partial charge in [-0.1, -0.05) is 48.5 Å². The van der Waals surface area contributed by atoms with Crippen molar-refractivity contribution in [2.75, 3.05) is 0 Å². The number of nitro groups is 1. The number of hydrogen-bond donors (Lipinski definition) is 0. The first kappa shape index (κ1) is 26.0. The molecular formula is C26H30N3O5P. The van der Waals surface area contributed by atoms with E-state index in [1.54, 1.807) is 60.7 Å². The summed E-state index contributed by atoms with van der Waals surface area (Å²) in [6, 6.07) is 23.8. The van der Waals surface area contributed by atoms with Crippen molar-refractivity contribution in [2.24, 2.45) is 4.76 Å². The molecule has 35 heavy (non-hydrogen) atoms. The van der Waals surface area contributed by atoms with E-state index in [0.29, 0.717) is 17.3 Å². The highest BCUT2D eigenvalue weighted by molar-refractivity contribution is 7.53. The van der Waals surface area contributed by atoms with Crippen LogP contribution in [0, 0.1) is 10.1 Å². The molecule has 0 atom stereocenters. The molecule has 9 heteroatoms. The van der Waals surface area contributed by atoms with Gasteiger partial charge in [-0.3, -0.25) is 10.1 Å². The average Bonchev–Trinajstić information content (AvgIpc) is 2.80. The Kier molecular flexibility index (Phi) is 8.66. The molecule has 0 aromatic heterocycles. The second kappa shape index (κ2) is 11.7. The molecule has 0 spiro atoms. The van der Waals surface area contributed by atoms with Crippen LogP contribution < -0.4 is 9.05 Å². The zero-order chi connectivity index (χ0) is 25.4. The van der Waals surface area contributed by atoms with Gasteiger partial charge in [-0.25, -0.2) is 4.57 Å². The van der Waals surface area contributed by atoms with E-state index in [4.69, 9.17) is 9.05 Å². The van der Waals surface area contributed by atoms with Gasteiger partial charge in [-0.15, -0.1) is 4.76 Å². The van der Waals surface area contributed by atoms with E-state index >= 15 is 0 Å². The molecule has 0 radical (unpaired) electrons.